The molecule has 0 aliphatic heterocycles. The van der Waals surface area contributed by atoms with Gasteiger partial charge in [0.15, 0.2) is 0 Å². The van der Waals surface area contributed by atoms with Crippen LogP contribution in [-0.4, -0.2) is 10.3 Å². The van der Waals surface area contributed by atoms with Gasteiger partial charge in [-0.15, -0.1) is 0 Å². The third kappa shape index (κ3) is 2.82. The van der Waals surface area contributed by atoms with Crippen LogP contribution >= 0.6 is 0 Å². The van der Waals surface area contributed by atoms with Gasteiger partial charge in [0.05, 0.1) is 5.69 Å². The van der Waals surface area contributed by atoms with E-state index in [-0.39, 0.29) is 17.8 Å². The third-order valence-electron chi connectivity index (χ3n) is 3.47. The van der Waals surface area contributed by atoms with E-state index in [2.05, 4.69) is 10.5 Å². The first-order chi connectivity index (χ1) is 9.40. The lowest BCUT2D eigenvalue weighted by Gasteiger charge is -2.21. The van der Waals surface area contributed by atoms with Crippen LogP contribution in [-0.2, 0) is 0 Å². The highest BCUT2D eigenvalue weighted by atomic mass is 19.1. The summed E-state index contributed by atoms with van der Waals surface area (Å²) in [5.41, 5.74) is 2.35. The van der Waals surface area contributed by atoms with Crippen molar-refractivity contribution in [2.24, 2.45) is 0 Å². The maximum absolute atomic E-state index is 13.8. The predicted octanol–water partition coefficient (Wildman–Crippen LogP) is 3.55. The highest BCUT2D eigenvalue weighted by Gasteiger charge is 2.20. The zero-order chi connectivity index (χ0) is 14.9. The number of hydrogen-bond acceptors (Lipinski definition) is 4. The van der Waals surface area contributed by atoms with E-state index >= 15 is 0 Å². The van der Waals surface area contributed by atoms with E-state index in [1.165, 1.54) is 6.07 Å². The van der Waals surface area contributed by atoms with Crippen molar-refractivity contribution in [3.63, 3.8) is 0 Å². The summed E-state index contributed by atoms with van der Waals surface area (Å²) in [4.78, 5) is 0. The van der Waals surface area contributed by atoms with Crippen LogP contribution in [0, 0.1) is 19.7 Å². The molecular weight excluding hydrogens is 259 g/mol. The van der Waals surface area contributed by atoms with Crippen molar-refractivity contribution in [1.82, 2.24) is 10.5 Å². The molecule has 1 aromatic heterocycles. The molecule has 1 aromatic carbocycles. The van der Waals surface area contributed by atoms with E-state index in [1.54, 1.807) is 6.07 Å². The molecule has 0 aliphatic carbocycles. The molecule has 5 heteroatoms. The van der Waals surface area contributed by atoms with Crippen molar-refractivity contribution in [3.05, 3.63) is 46.6 Å². The Morgan fingerprint density at radius 3 is 2.50 bits per heavy atom. The number of aromatic nitrogens is 1. The highest BCUT2D eigenvalue weighted by molar-refractivity contribution is 5.30. The van der Waals surface area contributed by atoms with Gasteiger partial charge in [-0.25, -0.2) is 4.39 Å². The summed E-state index contributed by atoms with van der Waals surface area (Å²) in [6.07, 6.45) is 0. The lowest BCUT2D eigenvalue weighted by Crippen LogP contribution is -2.24. The molecule has 0 saturated carbocycles. The second-order valence-electron chi connectivity index (χ2n) is 5.05. The molecule has 2 rings (SSSR count). The van der Waals surface area contributed by atoms with Crippen LogP contribution in [0.2, 0.25) is 0 Å². The lowest BCUT2D eigenvalue weighted by molar-refractivity contribution is 0.389. The fourth-order valence-electron chi connectivity index (χ4n) is 2.52. The molecule has 0 spiro atoms. The van der Waals surface area contributed by atoms with Gasteiger partial charge in [-0.3, -0.25) is 0 Å². The van der Waals surface area contributed by atoms with Crippen molar-refractivity contribution in [1.29, 1.82) is 0 Å². The van der Waals surface area contributed by atoms with Crippen LogP contribution in [0.3, 0.4) is 0 Å². The fraction of sp³-hybridized carbons (Fsp3) is 0.400. The largest absolute Gasteiger partial charge is 0.508 e. The number of rotatable bonds is 4. The van der Waals surface area contributed by atoms with E-state index in [0.717, 1.165) is 23.1 Å². The van der Waals surface area contributed by atoms with Crippen LogP contribution in [0.15, 0.2) is 22.7 Å². The SMILES string of the molecule is Cc1noc(C)c1C(C)NC(C)c1ccc(O)cc1F. The van der Waals surface area contributed by atoms with Crippen molar-refractivity contribution in [2.45, 2.75) is 39.8 Å². The van der Waals surface area contributed by atoms with E-state index in [0.29, 0.717) is 5.56 Å². The monoisotopic (exact) mass is 278 g/mol. The van der Waals surface area contributed by atoms with Gasteiger partial charge in [-0.05, 0) is 33.8 Å². The van der Waals surface area contributed by atoms with Crippen LogP contribution in [0.25, 0.3) is 0 Å². The Kier molecular flexibility index (Phi) is 4.09. The third-order valence-corrected chi connectivity index (χ3v) is 3.47. The molecule has 108 valence electrons. The fourth-order valence-corrected chi connectivity index (χ4v) is 2.52. The maximum Gasteiger partial charge on any atom is 0.138 e. The zero-order valence-corrected chi connectivity index (χ0v) is 12.1. The van der Waals surface area contributed by atoms with Gasteiger partial charge >= 0.3 is 0 Å². The Morgan fingerprint density at radius 1 is 1.25 bits per heavy atom. The average Bonchev–Trinajstić information content (AvgIpc) is 2.68. The topological polar surface area (TPSA) is 58.3 Å². The number of halogens is 1. The summed E-state index contributed by atoms with van der Waals surface area (Å²) >= 11 is 0. The molecule has 1 heterocycles. The number of phenolic OH excluding ortho intramolecular Hbond substituents is 1. The number of aryl methyl sites for hydroxylation is 2. The summed E-state index contributed by atoms with van der Waals surface area (Å²) in [7, 11) is 0. The number of benzene rings is 1. The summed E-state index contributed by atoms with van der Waals surface area (Å²) < 4.78 is 19.0. The lowest BCUT2D eigenvalue weighted by atomic mass is 10.0. The second kappa shape index (κ2) is 5.63. The molecule has 0 bridgehead atoms. The van der Waals surface area contributed by atoms with Gasteiger partial charge < -0.3 is 14.9 Å². The minimum atomic E-state index is -0.420. The molecule has 2 unspecified atom stereocenters. The van der Waals surface area contributed by atoms with E-state index in [4.69, 9.17) is 4.52 Å². The molecule has 0 aliphatic rings. The molecule has 2 aromatic rings. The standard InChI is InChI=1S/C15H19FN2O2/c1-8(13-6-5-12(19)7-14(13)16)17-9(2)15-10(3)18-20-11(15)4/h5-9,17,19H,1-4H3. The van der Waals surface area contributed by atoms with Crippen LogP contribution in [0.5, 0.6) is 5.75 Å². The minimum Gasteiger partial charge on any atom is -0.508 e. The van der Waals surface area contributed by atoms with E-state index < -0.39 is 5.82 Å². The molecule has 2 N–H and O–H groups in total. The van der Waals surface area contributed by atoms with Gasteiger partial charge in [-0.1, -0.05) is 11.2 Å². The molecular formula is C15H19FN2O2. The number of nitrogens with zero attached hydrogens (tertiary/aromatic N) is 1. The normalized spacial score (nSPS) is 14.2. The quantitative estimate of drug-likeness (QED) is 0.898. The molecule has 20 heavy (non-hydrogen) atoms. The van der Waals surface area contributed by atoms with Crippen molar-refractivity contribution in [2.75, 3.05) is 0 Å². The van der Waals surface area contributed by atoms with Gasteiger partial charge in [0.25, 0.3) is 0 Å². The van der Waals surface area contributed by atoms with Crippen LogP contribution < -0.4 is 5.32 Å². The van der Waals surface area contributed by atoms with Gasteiger partial charge in [0, 0.05) is 29.3 Å². The molecule has 2 atom stereocenters. The minimum absolute atomic E-state index is 0.00977. The number of phenols is 1. The van der Waals surface area contributed by atoms with Gasteiger partial charge in [0.2, 0.25) is 0 Å². The summed E-state index contributed by atoms with van der Waals surface area (Å²) in [5, 5.41) is 16.5. The van der Waals surface area contributed by atoms with Crippen molar-refractivity contribution >= 4 is 0 Å². The molecule has 0 amide bonds. The maximum atomic E-state index is 13.8. The second-order valence-corrected chi connectivity index (χ2v) is 5.05. The molecule has 0 fully saturated rings. The Morgan fingerprint density at radius 2 is 1.95 bits per heavy atom. The number of aromatic hydroxyl groups is 1. The molecule has 4 nitrogen and oxygen atoms in total. The number of hydrogen-bond donors (Lipinski definition) is 2. The average molecular weight is 278 g/mol. The Hall–Kier alpha value is -1.88. The first kappa shape index (κ1) is 14.5. The summed E-state index contributed by atoms with van der Waals surface area (Å²) in [5.74, 6) is 0.272. The first-order valence-electron chi connectivity index (χ1n) is 6.57. The first-order valence-corrected chi connectivity index (χ1v) is 6.57. The van der Waals surface area contributed by atoms with E-state index in [1.807, 2.05) is 27.7 Å². The van der Waals surface area contributed by atoms with Crippen LogP contribution in [0.4, 0.5) is 4.39 Å². The van der Waals surface area contributed by atoms with Gasteiger partial charge in [-0.2, -0.15) is 0 Å². The van der Waals surface area contributed by atoms with E-state index in [9.17, 15) is 9.50 Å². The Balaban J connectivity index is 2.17. The predicted molar refractivity (Wildman–Crippen MR) is 74.0 cm³/mol. The Bertz CT molecular complexity index is 590. The Labute approximate surface area is 117 Å². The van der Waals surface area contributed by atoms with Crippen molar-refractivity contribution in [3.8, 4) is 5.75 Å². The van der Waals surface area contributed by atoms with Gasteiger partial charge in [0.1, 0.15) is 17.3 Å². The highest BCUT2D eigenvalue weighted by Crippen LogP contribution is 2.26. The molecule has 0 radical (unpaired) electrons. The smallest absolute Gasteiger partial charge is 0.138 e. The summed E-state index contributed by atoms with van der Waals surface area (Å²) in [6, 6.07) is 3.98. The summed E-state index contributed by atoms with van der Waals surface area (Å²) in [6.45, 7) is 7.61. The van der Waals surface area contributed by atoms with Crippen molar-refractivity contribution < 1.29 is 14.0 Å². The molecule has 0 saturated heterocycles. The van der Waals surface area contributed by atoms with Crippen LogP contribution in [0.1, 0.15) is 48.5 Å². The zero-order valence-electron chi connectivity index (χ0n) is 12.1. The number of nitrogens with one attached hydrogen (secondary N) is 1.